The molecule has 1 aromatic carbocycles. The summed E-state index contributed by atoms with van der Waals surface area (Å²) in [5.41, 5.74) is 8.87. The summed E-state index contributed by atoms with van der Waals surface area (Å²) >= 11 is 0. The molecule has 0 atom stereocenters. The van der Waals surface area contributed by atoms with Crippen molar-refractivity contribution in [2.45, 2.75) is 39.2 Å². The lowest BCUT2D eigenvalue weighted by Gasteiger charge is -2.30. The van der Waals surface area contributed by atoms with Crippen molar-refractivity contribution in [1.29, 1.82) is 0 Å². The van der Waals surface area contributed by atoms with E-state index in [-0.39, 0.29) is 5.54 Å². The third-order valence-corrected chi connectivity index (χ3v) is 3.80. The Morgan fingerprint density at radius 1 is 1.22 bits per heavy atom. The fourth-order valence-electron chi connectivity index (χ4n) is 2.05. The highest BCUT2D eigenvalue weighted by molar-refractivity contribution is 5.98. The number of nitrogen functional groups attached to an aromatic ring is 1. The normalized spacial score (nSPS) is 11.7. The summed E-state index contributed by atoms with van der Waals surface area (Å²) in [6.07, 6.45) is 3.95. The first-order chi connectivity index (χ1) is 8.59. The molecule has 0 saturated carbocycles. The van der Waals surface area contributed by atoms with E-state index in [0.717, 1.165) is 35.1 Å². The summed E-state index contributed by atoms with van der Waals surface area (Å²) in [4.78, 5) is 4.45. The summed E-state index contributed by atoms with van der Waals surface area (Å²) in [6, 6.07) is 7.89. The molecule has 0 saturated heterocycles. The first-order valence-electron chi connectivity index (χ1n) is 6.51. The Hall–Kier alpha value is -1.77. The lowest BCUT2D eigenvalue weighted by Crippen LogP contribution is -2.33. The molecule has 0 aliphatic carbocycles. The molecule has 2 aromatic rings. The van der Waals surface area contributed by atoms with Gasteiger partial charge in [-0.15, -0.1) is 0 Å². The van der Waals surface area contributed by atoms with Crippen molar-refractivity contribution in [3.8, 4) is 0 Å². The van der Waals surface area contributed by atoms with Crippen LogP contribution in [0.2, 0.25) is 0 Å². The van der Waals surface area contributed by atoms with Crippen molar-refractivity contribution in [3.63, 3.8) is 0 Å². The highest BCUT2D eigenvalue weighted by atomic mass is 15.0. The van der Waals surface area contributed by atoms with E-state index in [1.165, 1.54) is 0 Å². The molecular weight excluding hydrogens is 222 g/mol. The van der Waals surface area contributed by atoms with Gasteiger partial charge in [-0.2, -0.15) is 0 Å². The average molecular weight is 243 g/mol. The minimum atomic E-state index is 0.0978. The number of rotatable bonds is 4. The number of nitrogens with zero attached hydrogens (tertiary/aromatic N) is 1. The minimum Gasteiger partial charge on any atom is -0.398 e. The van der Waals surface area contributed by atoms with E-state index in [4.69, 9.17) is 5.73 Å². The Kier molecular flexibility index (Phi) is 3.41. The quantitative estimate of drug-likeness (QED) is 0.803. The summed E-state index contributed by atoms with van der Waals surface area (Å²) in [5, 5.41) is 4.62. The second kappa shape index (κ2) is 4.84. The van der Waals surface area contributed by atoms with E-state index in [1.54, 1.807) is 0 Å². The van der Waals surface area contributed by atoms with Crippen LogP contribution in [0.15, 0.2) is 30.5 Å². The Morgan fingerprint density at radius 2 is 1.94 bits per heavy atom. The van der Waals surface area contributed by atoms with Gasteiger partial charge in [-0.3, -0.25) is 4.98 Å². The van der Waals surface area contributed by atoms with Crippen LogP contribution in [0.1, 0.15) is 33.6 Å². The summed E-state index contributed by atoms with van der Waals surface area (Å²) in [6.45, 7) is 6.63. The van der Waals surface area contributed by atoms with Crippen LogP contribution in [0, 0.1) is 0 Å². The fraction of sp³-hybridized carbons (Fsp3) is 0.400. The van der Waals surface area contributed by atoms with Gasteiger partial charge in [0.15, 0.2) is 0 Å². The minimum absolute atomic E-state index is 0.0978. The molecule has 0 radical (unpaired) electrons. The number of hydrogen-bond donors (Lipinski definition) is 2. The van der Waals surface area contributed by atoms with Crippen LogP contribution in [0.5, 0.6) is 0 Å². The van der Waals surface area contributed by atoms with Crippen molar-refractivity contribution in [3.05, 3.63) is 30.5 Å². The summed E-state index contributed by atoms with van der Waals surface area (Å²) in [5.74, 6) is 0. The van der Waals surface area contributed by atoms with Crippen LogP contribution in [0.4, 0.5) is 11.4 Å². The van der Waals surface area contributed by atoms with Crippen LogP contribution in [-0.2, 0) is 0 Å². The number of fused-ring (bicyclic) bond motifs is 1. The van der Waals surface area contributed by atoms with Crippen molar-refractivity contribution < 1.29 is 0 Å². The van der Waals surface area contributed by atoms with Crippen molar-refractivity contribution in [1.82, 2.24) is 4.98 Å². The molecule has 0 amide bonds. The number of nitrogens with two attached hydrogens (primary N) is 1. The standard InChI is InChI=1S/C15H21N3/c1-4-15(3,5-2)18-13-9-8-12(16)11-7-6-10-17-14(11)13/h6-10,18H,4-5,16H2,1-3H3. The first kappa shape index (κ1) is 12.7. The van der Waals surface area contributed by atoms with Gasteiger partial charge in [0.05, 0.1) is 11.2 Å². The molecular formula is C15H21N3. The van der Waals surface area contributed by atoms with Crippen molar-refractivity contribution >= 4 is 22.3 Å². The highest BCUT2D eigenvalue weighted by Crippen LogP contribution is 2.30. The van der Waals surface area contributed by atoms with Crippen LogP contribution in [-0.4, -0.2) is 10.5 Å². The zero-order valence-corrected chi connectivity index (χ0v) is 11.3. The molecule has 96 valence electrons. The van der Waals surface area contributed by atoms with E-state index in [2.05, 4.69) is 31.1 Å². The van der Waals surface area contributed by atoms with Gasteiger partial charge >= 0.3 is 0 Å². The number of anilines is 2. The zero-order chi connectivity index (χ0) is 13.2. The van der Waals surface area contributed by atoms with Gasteiger partial charge in [0.25, 0.3) is 0 Å². The third-order valence-electron chi connectivity index (χ3n) is 3.80. The highest BCUT2D eigenvalue weighted by Gasteiger charge is 2.20. The van der Waals surface area contributed by atoms with Crippen molar-refractivity contribution in [2.24, 2.45) is 0 Å². The molecule has 3 N–H and O–H groups in total. The van der Waals surface area contributed by atoms with Crippen LogP contribution in [0.3, 0.4) is 0 Å². The largest absolute Gasteiger partial charge is 0.398 e. The van der Waals surface area contributed by atoms with E-state index < -0.39 is 0 Å². The van der Waals surface area contributed by atoms with E-state index in [1.807, 2.05) is 30.5 Å². The van der Waals surface area contributed by atoms with Gasteiger partial charge < -0.3 is 11.1 Å². The van der Waals surface area contributed by atoms with Crippen LogP contribution >= 0.6 is 0 Å². The molecule has 0 aliphatic heterocycles. The van der Waals surface area contributed by atoms with Crippen LogP contribution in [0.25, 0.3) is 10.9 Å². The topological polar surface area (TPSA) is 50.9 Å². The zero-order valence-electron chi connectivity index (χ0n) is 11.3. The molecule has 0 bridgehead atoms. The third kappa shape index (κ3) is 2.26. The molecule has 3 nitrogen and oxygen atoms in total. The molecule has 1 heterocycles. The number of pyridine rings is 1. The summed E-state index contributed by atoms with van der Waals surface area (Å²) < 4.78 is 0. The molecule has 1 aromatic heterocycles. The molecule has 0 spiro atoms. The Bertz CT molecular complexity index is 544. The molecule has 0 unspecified atom stereocenters. The Morgan fingerprint density at radius 3 is 2.61 bits per heavy atom. The second-order valence-electron chi connectivity index (χ2n) is 4.99. The van der Waals surface area contributed by atoms with Gasteiger partial charge in [-0.05, 0) is 44.0 Å². The number of aromatic nitrogens is 1. The van der Waals surface area contributed by atoms with Gasteiger partial charge in [-0.1, -0.05) is 13.8 Å². The number of benzene rings is 1. The predicted molar refractivity (Wildman–Crippen MR) is 78.8 cm³/mol. The maximum atomic E-state index is 5.99. The smallest absolute Gasteiger partial charge is 0.0954 e. The van der Waals surface area contributed by atoms with Gasteiger partial charge in [0, 0.05) is 22.8 Å². The van der Waals surface area contributed by atoms with Gasteiger partial charge in [0.2, 0.25) is 0 Å². The fourth-order valence-corrected chi connectivity index (χ4v) is 2.05. The van der Waals surface area contributed by atoms with Gasteiger partial charge in [0.1, 0.15) is 0 Å². The average Bonchev–Trinajstić information content (AvgIpc) is 2.42. The molecule has 18 heavy (non-hydrogen) atoms. The molecule has 3 heteroatoms. The summed E-state index contributed by atoms with van der Waals surface area (Å²) in [7, 11) is 0. The monoisotopic (exact) mass is 243 g/mol. The molecule has 0 aliphatic rings. The van der Waals surface area contributed by atoms with E-state index in [9.17, 15) is 0 Å². The maximum absolute atomic E-state index is 5.99. The lowest BCUT2D eigenvalue weighted by atomic mass is 9.95. The first-order valence-corrected chi connectivity index (χ1v) is 6.51. The lowest BCUT2D eigenvalue weighted by molar-refractivity contribution is 0.479. The van der Waals surface area contributed by atoms with E-state index in [0.29, 0.717) is 0 Å². The van der Waals surface area contributed by atoms with Gasteiger partial charge in [-0.25, -0.2) is 0 Å². The SMILES string of the molecule is CCC(C)(CC)Nc1ccc(N)c2cccnc12. The molecule has 2 rings (SSSR count). The predicted octanol–water partition coefficient (Wildman–Crippen LogP) is 3.81. The Labute approximate surface area is 108 Å². The second-order valence-corrected chi connectivity index (χ2v) is 4.99. The number of hydrogen-bond acceptors (Lipinski definition) is 3. The van der Waals surface area contributed by atoms with E-state index >= 15 is 0 Å². The Balaban J connectivity index is 2.49. The number of nitrogens with one attached hydrogen (secondary N) is 1. The maximum Gasteiger partial charge on any atom is 0.0954 e. The molecule has 0 fully saturated rings. The van der Waals surface area contributed by atoms with Crippen molar-refractivity contribution in [2.75, 3.05) is 11.1 Å². The van der Waals surface area contributed by atoms with Crippen LogP contribution < -0.4 is 11.1 Å².